The lowest BCUT2D eigenvalue weighted by atomic mass is 10.3. The van der Waals surface area contributed by atoms with E-state index in [0.29, 0.717) is 35.8 Å². The largest absolute Gasteiger partial charge is 0.497 e. The van der Waals surface area contributed by atoms with Crippen LogP contribution in [0.1, 0.15) is 27.7 Å². The van der Waals surface area contributed by atoms with E-state index in [1.165, 1.54) is 11.3 Å². The number of ether oxygens (including phenoxy) is 2. The molecule has 0 atom stereocenters. The molecule has 0 unspecified atom stereocenters. The minimum atomic E-state index is -0.323. The van der Waals surface area contributed by atoms with Gasteiger partial charge >= 0.3 is 0 Å². The van der Waals surface area contributed by atoms with Crippen molar-refractivity contribution >= 4 is 28.8 Å². The third kappa shape index (κ3) is 7.05. The number of rotatable bonds is 10. The van der Waals surface area contributed by atoms with Crippen molar-refractivity contribution < 1.29 is 19.1 Å². The maximum atomic E-state index is 12.3. The molecule has 0 radical (unpaired) electrons. The lowest BCUT2D eigenvalue weighted by Gasteiger charge is -2.26. The van der Waals surface area contributed by atoms with E-state index in [1.807, 2.05) is 0 Å². The van der Waals surface area contributed by atoms with Crippen molar-refractivity contribution in [1.82, 2.24) is 20.4 Å². The molecule has 3 rings (SSSR count). The predicted molar refractivity (Wildman–Crippen MR) is 114 cm³/mol. The van der Waals surface area contributed by atoms with Gasteiger partial charge in [-0.1, -0.05) is 11.3 Å². The van der Waals surface area contributed by atoms with E-state index < -0.39 is 0 Å². The summed E-state index contributed by atoms with van der Waals surface area (Å²) in [7, 11) is 1.59. The summed E-state index contributed by atoms with van der Waals surface area (Å²) in [6.07, 6.45) is 1.70. The van der Waals surface area contributed by atoms with Crippen molar-refractivity contribution in [3.63, 3.8) is 0 Å². The number of carbonyl (C=O) groups excluding carboxylic acids is 2. The highest BCUT2D eigenvalue weighted by molar-refractivity contribution is 7.13. The van der Waals surface area contributed by atoms with E-state index in [1.54, 1.807) is 31.4 Å². The summed E-state index contributed by atoms with van der Waals surface area (Å²) in [6, 6.07) is 7.03. The Labute approximate surface area is 179 Å². The van der Waals surface area contributed by atoms with Crippen LogP contribution in [-0.4, -0.2) is 73.4 Å². The number of hydrogen-bond donors (Lipinski definition) is 2. The smallest absolute Gasteiger partial charge is 0.286 e. The number of hydrogen-bond acceptors (Lipinski definition) is 8. The van der Waals surface area contributed by atoms with Crippen LogP contribution in [0, 0.1) is 0 Å². The van der Waals surface area contributed by atoms with Gasteiger partial charge < -0.3 is 20.1 Å². The van der Waals surface area contributed by atoms with E-state index in [4.69, 9.17) is 9.47 Å². The van der Waals surface area contributed by atoms with Gasteiger partial charge in [0.15, 0.2) is 0 Å². The summed E-state index contributed by atoms with van der Waals surface area (Å²) in [5.41, 5.74) is 0.647. The lowest BCUT2D eigenvalue weighted by molar-refractivity contribution is -0.121. The Hall–Kier alpha value is -2.56. The Morgan fingerprint density at radius 1 is 1.20 bits per heavy atom. The van der Waals surface area contributed by atoms with Crippen LogP contribution in [-0.2, 0) is 16.0 Å². The van der Waals surface area contributed by atoms with Gasteiger partial charge in [0.2, 0.25) is 10.9 Å². The van der Waals surface area contributed by atoms with Crippen LogP contribution in [0.3, 0.4) is 0 Å². The quantitative estimate of drug-likeness (QED) is 0.548. The number of carbonyl (C=O) groups is 2. The Kier molecular flexibility index (Phi) is 8.54. The van der Waals surface area contributed by atoms with Gasteiger partial charge in [-0.2, -0.15) is 0 Å². The summed E-state index contributed by atoms with van der Waals surface area (Å²) in [4.78, 5) is 26.7. The molecule has 10 heteroatoms. The molecule has 1 aliphatic rings. The Morgan fingerprint density at radius 3 is 2.70 bits per heavy atom. The monoisotopic (exact) mass is 433 g/mol. The van der Waals surface area contributed by atoms with Crippen molar-refractivity contribution in [2.75, 3.05) is 51.8 Å². The van der Waals surface area contributed by atoms with E-state index in [2.05, 4.69) is 25.7 Å². The van der Waals surface area contributed by atoms with Crippen molar-refractivity contribution in [3.05, 3.63) is 34.3 Å². The second-order valence-electron chi connectivity index (χ2n) is 6.84. The van der Waals surface area contributed by atoms with Crippen LogP contribution in [0.5, 0.6) is 5.75 Å². The molecule has 2 amide bonds. The summed E-state index contributed by atoms with van der Waals surface area (Å²) in [6.45, 7) is 5.11. The number of morpholine rings is 1. The number of anilines is 1. The first-order valence-electron chi connectivity index (χ1n) is 9.98. The molecule has 2 aromatic rings. The molecule has 0 saturated carbocycles. The van der Waals surface area contributed by atoms with Crippen molar-refractivity contribution in [3.8, 4) is 5.75 Å². The number of amides is 2. The third-order valence-electron chi connectivity index (χ3n) is 4.65. The minimum Gasteiger partial charge on any atom is -0.497 e. The maximum Gasteiger partial charge on any atom is 0.286 e. The number of benzene rings is 1. The average molecular weight is 434 g/mol. The third-order valence-corrected chi connectivity index (χ3v) is 5.63. The molecule has 0 aliphatic carbocycles. The zero-order valence-corrected chi connectivity index (χ0v) is 17.9. The van der Waals surface area contributed by atoms with Crippen LogP contribution >= 0.6 is 11.3 Å². The Morgan fingerprint density at radius 2 is 1.97 bits per heavy atom. The Balaban J connectivity index is 1.34. The van der Waals surface area contributed by atoms with Gasteiger partial charge in [-0.05, 0) is 37.2 Å². The molecule has 2 N–H and O–H groups in total. The van der Waals surface area contributed by atoms with Crippen LogP contribution in [0.4, 0.5) is 5.69 Å². The van der Waals surface area contributed by atoms with Gasteiger partial charge in [-0.15, -0.1) is 10.2 Å². The molecule has 1 aromatic heterocycles. The van der Waals surface area contributed by atoms with Gasteiger partial charge in [-0.3, -0.25) is 14.5 Å². The van der Waals surface area contributed by atoms with Gasteiger partial charge in [0.1, 0.15) is 10.8 Å². The average Bonchev–Trinajstić information content (AvgIpc) is 3.26. The Bertz CT molecular complexity index is 821. The van der Waals surface area contributed by atoms with Gasteiger partial charge in [0.05, 0.1) is 20.3 Å². The number of aromatic nitrogens is 2. The molecule has 0 bridgehead atoms. The molecule has 30 heavy (non-hydrogen) atoms. The summed E-state index contributed by atoms with van der Waals surface area (Å²) in [5, 5.41) is 14.6. The molecular weight excluding hydrogens is 406 g/mol. The first-order chi connectivity index (χ1) is 14.6. The van der Waals surface area contributed by atoms with Crippen molar-refractivity contribution in [2.24, 2.45) is 0 Å². The molecular formula is C20H27N5O4S. The standard InChI is InChI=1S/C20H27N5O4S/c1-28-16-5-3-15(4-6-16)22-19(27)20-24-23-18(30-20)8-7-17(26)21-9-2-10-25-11-13-29-14-12-25/h3-6H,2,7-14H2,1H3,(H,21,26)(H,22,27). The van der Waals surface area contributed by atoms with Gasteiger partial charge in [0.25, 0.3) is 5.91 Å². The molecule has 9 nitrogen and oxygen atoms in total. The van der Waals surface area contributed by atoms with E-state index >= 15 is 0 Å². The van der Waals surface area contributed by atoms with Crippen LogP contribution in [0.25, 0.3) is 0 Å². The predicted octanol–water partition coefficient (Wildman–Crippen LogP) is 1.57. The van der Waals surface area contributed by atoms with Crippen LogP contribution in [0.15, 0.2) is 24.3 Å². The molecule has 2 heterocycles. The fourth-order valence-corrected chi connectivity index (χ4v) is 3.70. The molecule has 1 fully saturated rings. The normalized spacial score (nSPS) is 14.3. The van der Waals surface area contributed by atoms with Crippen molar-refractivity contribution in [2.45, 2.75) is 19.3 Å². The molecule has 162 valence electrons. The minimum absolute atomic E-state index is 0.0172. The second-order valence-corrected chi connectivity index (χ2v) is 7.90. The molecule has 0 spiro atoms. The molecule has 1 aliphatic heterocycles. The van der Waals surface area contributed by atoms with E-state index in [-0.39, 0.29) is 16.8 Å². The SMILES string of the molecule is COc1ccc(NC(=O)c2nnc(CCC(=O)NCCCN3CCOCC3)s2)cc1. The summed E-state index contributed by atoms with van der Waals surface area (Å²) < 4.78 is 10.4. The number of aryl methyl sites for hydroxylation is 1. The van der Waals surface area contributed by atoms with Crippen LogP contribution in [0.2, 0.25) is 0 Å². The maximum absolute atomic E-state index is 12.3. The highest BCUT2D eigenvalue weighted by atomic mass is 32.1. The molecule has 1 aromatic carbocycles. The van der Waals surface area contributed by atoms with Crippen molar-refractivity contribution in [1.29, 1.82) is 0 Å². The zero-order chi connectivity index (χ0) is 21.2. The van der Waals surface area contributed by atoms with Gasteiger partial charge in [0, 0.05) is 38.2 Å². The second kappa shape index (κ2) is 11.6. The number of nitrogens with zero attached hydrogens (tertiary/aromatic N) is 3. The van der Waals surface area contributed by atoms with Crippen LogP contribution < -0.4 is 15.4 Å². The lowest BCUT2D eigenvalue weighted by Crippen LogP contribution is -2.38. The number of nitrogens with one attached hydrogen (secondary N) is 2. The summed E-state index contributed by atoms with van der Waals surface area (Å²) >= 11 is 1.20. The summed E-state index contributed by atoms with van der Waals surface area (Å²) in [5.74, 6) is 0.374. The molecule has 1 saturated heterocycles. The number of methoxy groups -OCH3 is 1. The highest BCUT2D eigenvalue weighted by Gasteiger charge is 2.14. The fourth-order valence-electron chi connectivity index (χ4n) is 2.97. The first-order valence-corrected chi connectivity index (χ1v) is 10.8. The van der Waals surface area contributed by atoms with Gasteiger partial charge in [-0.25, -0.2) is 0 Å². The topological polar surface area (TPSA) is 106 Å². The highest BCUT2D eigenvalue weighted by Crippen LogP contribution is 2.17. The fraction of sp³-hybridized carbons (Fsp3) is 0.500. The zero-order valence-electron chi connectivity index (χ0n) is 17.1. The van der Waals surface area contributed by atoms with E-state index in [0.717, 1.165) is 39.3 Å². The first kappa shape index (κ1) is 22.1. The van der Waals surface area contributed by atoms with E-state index in [9.17, 15) is 9.59 Å².